The third-order valence-corrected chi connectivity index (χ3v) is 4.82. The summed E-state index contributed by atoms with van der Waals surface area (Å²) in [5, 5.41) is 5.99. The molecule has 0 radical (unpaired) electrons. The standard InChI is InChI=1S/C21H24N4O4/c1-13-11-18(27)25(21(13)29)10-2-3-17(19(22)20(28)24-16-8-9-16)23-15-6-4-14(12-26)5-7-15/h4-7,11-12,16,23H,2-3,8-10,22H2,1H3,(H,24,28)/b19-17-. The zero-order chi connectivity index (χ0) is 21.0. The predicted octanol–water partition coefficient (Wildman–Crippen LogP) is 1.46. The summed E-state index contributed by atoms with van der Waals surface area (Å²) in [5.41, 5.74) is 8.32. The second-order valence-corrected chi connectivity index (χ2v) is 7.23. The molecular weight excluding hydrogens is 372 g/mol. The number of imide groups is 1. The number of carbonyl (C=O) groups is 4. The summed E-state index contributed by atoms with van der Waals surface area (Å²) in [4.78, 5) is 48.3. The number of nitrogens with two attached hydrogens (primary N) is 1. The van der Waals surface area contributed by atoms with E-state index >= 15 is 0 Å². The Morgan fingerprint density at radius 1 is 1.24 bits per heavy atom. The van der Waals surface area contributed by atoms with Crippen molar-refractivity contribution >= 4 is 29.7 Å². The van der Waals surface area contributed by atoms with Gasteiger partial charge in [-0.25, -0.2) is 0 Å². The molecule has 1 aromatic carbocycles. The van der Waals surface area contributed by atoms with Crippen molar-refractivity contribution in [3.63, 3.8) is 0 Å². The van der Waals surface area contributed by atoms with Crippen LogP contribution in [-0.2, 0) is 14.4 Å². The molecule has 8 nitrogen and oxygen atoms in total. The number of hydrogen-bond donors (Lipinski definition) is 3. The van der Waals surface area contributed by atoms with Crippen LogP contribution in [0.25, 0.3) is 0 Å². The fourth-order valence-electron chi connectivity index (χ4n) is 2.98. The number of rotatable bonds is 9. The summed E-state index contributed by atoms with van der Waals surface area (Å²) in [6, 6.07) is 6.92. The Balaban J connectivity index is 1.69. The molecule has 0 atom stereocenters. The molecule has 0 aromatic heterocycles. The van der Waals surface area contributed by atoms with Crippen molar-refractivity contribution in [3.8, 4) is 0 Å². The van der Waals surface area contributed by atoms with Crippen LogP contribution < -0.4 is 16.4 Å². The summed E-state index contributed by atoms with van der Waals surface area (Å²) < 4.78 is 0. The van der Waals surface area contributed by atoms with E-state index in [1.54, 1.807) is 31.2 Å². The number of carbonyl (C=O) groups excluding carboxylic acids is 4. The van der Waals surface area contributed by atoms with Gasteiger partial charge in [-0.2, -0.15) is 0 Å². The third kappa shape index (κ3) is 5.10. The number of amides is 3. The van der Waals surface area contributed by atoms with Crippen LogP contribution in [0.2, 0.25) is 0 Å². The van der Waals surface area contributed by atoms with Crippen molar-refractivity contribution in [2.75, 3.05) is 11.9 Å². The van der Waals surface area contributed by atoms with E-state index in [1.807, 2.05) is 0 Å². The smallest absolute Gasteiger partial charge is 0.269 e. The first-order chi connectivity index (χ1) is 13.9. The molecule has 0 unspecified atom stereocenters. The Hall–Kier alpha value is -3.42. The molecule has 1 fully saturated rings. The first kappa shape index (κ1) is 20.3. The number of nitrogens with zero attached hydrogens (tertiary/aromatic N) is 1. The molecule has 1 heterocycles. The largest absolute Gasteiger partial charge is 0.393 e. The van der Waals surface area contributed by atoms with Crippen LogP contribution in [0.15, 0.2) is 47.3 Å². The van der Waals surface area contributed by atoms with Crippen molar-refractivity contribution in [1.82, 2.24) is 10.2 Å². The van der Waals surface area contributed by atoms with E-state index in [1.165, 1.54) is 11.0 Å². The van der Waals surface area contributed by atoms with Crippen LogP contribution >= 0.6 is 0 Å². The van der Waals surface area contributed by atoms with E-state index in [0.717, 1.165) is 19.1 Å². The van der Waals surface area contributed by atoms with Crippen LogP contribution in [0.4, 0.5) is 5.69 Å². The average Bonchev–Trinajstić information content (AvgIpc) is 3.49. The quantitative estimate of drug-likeness (QED) is 0.330. The summed E-state index contributed by atoms with van der Waals surface area (Å²) >= 11 is 0. The van der Waals surface area contributed by atoms with Crippen molar-refractivity contribution < 1.29 is 19.2 Å². The van der Waals surface area contributed by atoms with Crippen LogP contribution in [-0.4, -0.2) is 41.5 Å². The molecular formula is C21H24N4O4. The third-order valence-electron chi connectivity index (χ3n) is 4.82. The van der Waals surface area contributed by atoms with E-state index in [4.69, 9.17) is 5.73 Å². The normalized spacial score (nSPS) is 17.0. The van der Waals surface area contributed by atoms with Crippen molar-refractivity contribution in [2.45, 2.75) is 38.6 Å². The summed E-state index contributed by atoms with van der Waals surface area (Å²) in [6.45, 7) is 1.84. The molecule has 8 heteroatoms. The SMILES string of the molecule is CC1=CC(=O)N(CCC/C(Nc2ccc(C=O)cc2)=C(/N)C(=O)NC2CC2)C1=O. The lowest BCUT2D eigenvalue weighted by Gasteiger charge is -2.18. The van der Waals surface area contributed by atoms with Crippen LogP contribution in [0.5, 0.6) is 0 Å². The highest BCUT2D eigenvalue weighted by Gasteiger charge is 2.28. The van der Waals surface area contributed by atoms with E-state index in [-0.39, 0.29) is 36.0 Å². The minimum absolute atomic E-state index is 0.0738. The number of nitrogens with one attached hydrogen (secondary N) is 2. The fourth-order valence-corrected chi connectivity index (χ4v) is 2.98. The fraction of sp³-hybridized carbons (Fsp3) is 0.333. The van der Waals surface area contributed by atoms with Gasteiger partial charge in [0.15, 0.2) is 0 Å². The second kappa shape index (κ2) is 8.72. The molecule has 2 aliphatic rings. The zero-order valence-corrected chi connectivity index (χ0v) is 16.2. The van der Waals surface area contributed by atoms with E-state index < -0.39 is 0 Å². The minimum atomic E-state index is -0.342. The number of anilines is 1. The van der Waals surface area contributed by atoms with Gasteiger partial charge in [0.2, 0.25) is 0 Å². The topological polar surface area (TPSA) is 122 Å². The highest BCUT2D eigenvalue weighted by molar-refractivity contribution is 6.15. The lowest BCUT2D eigenvalue weighted by atomic mass is 10.1. The maximum absolute atomic E-state index is 12.4. The van der Waals surface area contributed by atoms with Gasteiger partial charge in [-0.15, -0.1) is 0 Å². The van der Waals surface area contributed by atoms with Gasteiger partial charge in [-0.1, -0.05) is 0 Å². The minimum Gasteiger partial charge on any atom is -0.393 e. The highest BCUT2D eigenvalue weighted by atomic mass is 16.2. The zero-order valence-electron chi connectivity index (χ0n) is 16.2. The van der Waals surface area contributed by atoms with Gasteiger partial charge in [0, 0.05) is 41.2 Å². The maximum Gasteiger partial charge on any atom is 0.269 e. The first-order valence-corrected chi connectivity index (χ1v) is 9.55. The molecule has 1 aromatic rings. The molecule has 4 N–H and O–H groups in total. The van der Waals surface area contributed by atoms with Crippen molar-refractivity contribution in [3.05, 3.63) is 52.9 Å². The molecule has 1 saturated carbocycles. The molecule has 1 aliphatic heterocycles. The maximum atomic E-state index is 12.4. The molecule has 0 spiro atoms. The highest BCUT2D eigenvalue weighted by Crippen LogP contribution is 2.21. The van der Waals surface area contributed by atoms with Gasteiger partial charge in [-0.3, -0.25) is 24.1 Å². The molecule has 0 bridgehead atoms. The monoisotopic (exact) mass is 396 g/mol. The molecule has 1 aliphatic carbocycles. The van der Waals surface area contributed by atoms with Gasteiger partial charge in [0.1, 0.15) is 12.0 Å². The van der Waals surface area contributed by atoms with Gasteiger partial charge in [-0.05, 0) is 56.9 Å². The summed E-state index contributed by atoms with van der Waals surface area (Å²) in [5.74, 6) is -0.961. The van der Waals surface area contributed by atoms with E-state index in [2.05, 4.69) is 10.6 Å². The van der Waals surface area contributed by atoms with Gasteiger partial charge in [0.05, 0.1) is 0 Å². The van der Waals surface area contributed by atoms with Crippen LogP contribution in [0.3, 0.4) is 0 Å². The average molecular weight is 396 g/mol. The van der Waals surface area contributed by atoms with Gasteiger partial charge >= 0.3 is 0 Å². The van der Waals surface area contributed by atoms with Crippen LogP contribution in [0, 0.1) is 0 Å². The van der Waals surface area contributed by atoms with E-state index in [9.17, 15) is 19.2 Å². The molecule has 152 valence electrons. The van der Waals surface area contributed by atoms with Gasteiger partial charge in [0.25, 0.3) is 17.7 Å². The Morgan fingerprint density at radius 2 is 1.93 bits per heavy atom. The lowest BCUT2D eigenvalue weighted by molar-refractivity contribution is -0.137. The Bertz CT molecular complexity index is 898. The summed E-state index contributed by atoms with van der Waals surface area (Å²) in [6.07, 6.45) is 4.78. The number of benzene rings is 1. The Morgan fingerprint density at radius 3 is 2.48 bits per heavy atom. The van der Waals surface area contributed by atoms with E-state index in [0.29, 0.717) is 35.4 Å². The first-order valence-electron chi connectivity index (χ1n) is 9.55. The Kier molecular flexibility index (Phi) is 6.11. The Labute approximate surface area is 168 Å². The molecule has 3 amide bonds. The molecule has 3 rings (SSSR count). The summed E-state index contributed by atoms with van der Waals surface area (Å²) in [7, 11) is 0. The van der Waals surface area contributed by atoms with Crippen molar-refractivity contribution in [1.29, 1.82) is 0 Å². The number of hydrogen-bond acceptors (Lipinski definition) is 6. The second-order valence-electron chi connectivity index (χ2n) is 7.23. The molecule has 0 saturated heterocycles. The predicted molar refractivity (Wildman–Crippen MR) is 108 cm³/mol. The van der Waals surface area contributed by atoms with Crippen molar-refractivity contribution in [2.24, 2.45) is 5.73 Å². The lowest BCUT2D eigenvalue weighted by Crippen LogP contribution is -2.33. The van der Waals surface area contributed by atoms with Crippen LogP contribution in [0.1, 0.15) is 43.0 Å². The number of aldehydes is 1. The molecule has 29 heavy (non-hydrogen) atoms. The number of allylic oxidation sites excluding steroid dienone is 1. The van der Waals surface area contributed by atoms with Gasteiger partial charge < -0.3 is 16.4 Å².